The number of nitrogens with one attached hydrogen (secondary N) is 2. The summed E-state index contributed by atoms with van der Waals surface area (Å²) in [6, 6.07) is 3.38. The Bertz CT molecular complexity index is 517. The Hall–Kier alpha value is -1.43. The van der Waals surface area contributed by atoms with E-state index in [4.69, 9.17) is 10.5 Å². The third kappa shape index (κ3) is 3.12. The fraction of sp³-hybridized carbons (Fsp3) is 0.462. The molecule has 1 aliphatic carbocycles. The summed E-state index contributed by atoms with van der Waals surface area (Å²) in [4.78, 5) is 11.9. The molecule has 6 heteroatoms. The Morgan fingerprint density at radius 3 is 2.68 bits per heavy atom. The Labute approximate surface area is 121 Å². The molecule has 1 aliphatic rings. The summed E-state index contributed by atoms with van der Waals surface area (Å²) in [7, 11) is 1.55. The SMILES string of the molecule is COc1cc(Br)c(N)cc1NC(=O)NC1CC1(C)C. The molecule has 0 aliphatic heterocycles. The van der Waals surface area contributed by atoms with E-state index in [9.17, 15) is 4.79 Å². The predicted molar refractivity (Wildman–Crippen MR) is 79.4 cm³/mol. The van der Waals surface area contributed by atoms with Crippen LogP contribution in [0.2, 0.25) is 0 Å². The van der Waals surface area contributed by atoms with Crippen LogP contribution in [0.5, 0.6) is 5.75 Å². The highest BCUT2D eigenvalue weighted by Gasteiger charge is 2.46. The normalized spacial score (nSPS) is 19.7. The van der Waals surface area contributed by atoms with E-state index >= 15 is 0 Å². The minimum absolute atomic E-state index is 0.195. The maximum atomic E-state index is 11.9. The van der Waals surface area contributed by atoms with Crippen molar-refractivity contribution in [2.45, 2.75) is 26.3 Å². The van der Waals surface area contributed by atoms with Gasteiger partial charge in [0.2, 0.25) is 0 Å². The number of rotatable bonds is 3. The summed E-state index contributed by atoms with van der Waals surface area (Å²) in [5.74, 6) is 0.561. The fourth-order valence-electron chi connectivity index (χ4n) is 1.87. The minimum Gasteiger partial charge on any atom is -0.495 e. The maximum absolute atomic E-state index is 11.9. The smallest absolute Gasteiger partial charge is 0.319 e. The zero-order valence-corrected chi connectivity index (χ0v) is 12.8. The van der Waals surface area contributed by atoms with Crippen LogP contribution in [0.4, 0.5) is 16.2 Å². The molecule has 2 rings (SSSR count). The van der Waals surface area contributed by atoms with Crippen molar-refractivity contribution in [3.05, 3.63) is 16.6 Å². The summed E-state index contributed by atoms with van der Waals surface area (Å²) in [5, 5.41) is 5.68. The third-order valence-corrected chi connectivity index (χ3v) is 4.07. The van der Waals surface area contributed by atoms with Gasteiger partial charge in [-0.2, -0.15) is 0 Å². The van der Waals surface area contributed by atoms with E-state index in [0.29, 0.717) is 17.1 Å². The number of nitrogens with two attached hydrogens (primary N) is 1. The van der Waals surface area contributed by atoms with Crippen LogP contribution in [-0.2, 0) is 0 Å². The fourth-order valence-corrected chi connectivity index (χ4v) is 2.19. The topological polar surface area (TPSA) is 76.4 Å². The van der Waals surface area contributed by atoms with Gasteiger partial charge in [0, 0.05) is 16.2 Å². The molecule has 1 saturated carbocycles. The molecule has 0 saturated heterocycles. The number of ether oxygens (including phenoxy) is 1. The highest BCUT2D eigenvalue weighted by molar-refractivity contribution is 9.10. The molecule has 4 N–H and O–H groups in total. The number of carbonyl (C=O) groups excluding carboxylic acids is 1. The van der Waals surface area contributed by atoms with Gasteiger partial charge < -0.3 is 21.1 Å². The Balaban J connectivity index is 2.06. The Morgan fingerprint density at radius 2 is 2.16 bits per heavy atom. The number of nitrogen functional groups attached to an aromatic ring is 1. The second-order valence-electron chi connectivity index (χ2n) is 5.42. The number of hydrogen-bond donors (Lipinski definition) is 3. The van der Waals surface area contributed by atoms with E-state index in [1.807, 2.05) is 0 Å². The number of amides is 2. The zero-order valence-electron chi connectivity index (χ0n) is 11.2. The molecule has 1 fully saturated rings. The Kier molecular flexibility index (Phi) is 3.62. The number of anilines is 2. The first-order chi connectivity index (χ1) is 8.83. The van der Waals surface area contributed by atoms with Crippen LogP contribution in [0, 0.1) is 5.41 Å². The van der Waals surface area contributed by atoms with E-state index in [1.165, 1.54) is 0 Å². The van der Waals surface area contributed by atoms with Gasteiger partial charge in [0.15, 0.2) is 0 Å². The number of carbonyl (C=O) groups is 1. The van der Waals surface area contributed by atoms with Crippen LogP contribution >= 0.6 is 15.9 Å². The number of methoxy groups -OCH3 is 1. The van der Waals surface area contributed by atoms with Gasteiger partial charge in [0.05, 0.1) is 12.8 Å². The summed E-state index contributed by atoms with van der Waals surface area (Å²) in [5.41, 5.74) is 7.10. The molecule has 0 aromatic heterocycles. The lowest BCUT2D eigenvalue weighted by atomic mass is 10.2. The Morgan fingerprint density at radius 1 is 1.53 bits per heavy atom. The van der Waals surface area contributed by atoms with Crippen molar-refractivity contribution in [3.8, 4) is 5.75 Å². The molecule has 2 amide bonds. The molecular weight excluding hydrogens is 310 g/mol. The molecule has 0 spiro atoms. The van der Waals surface area contributed by atoms with Crippen molar-refractivity contribution in [1.82, 2.24) is 5.32 Å². The third-order valence-electron chi connectivity index (χ3n) is 3.39. The molecule has 104 valence electrons. The van der Waals surface area contributed by atoms with Crippen molar-refractivity contribution in [1.29, 1.82) is 0 Å². The van der Waals surface area contributed by atoms with Crippen LogP contribution in [0.25, 0.3) is 0 Å². The lowest BCUT2D eigenvalue weighted by molar-refractivity contribution is 0.250. The first kappa shape index (κ1) is 14.0. The average molecular weight is 328 g/mol. The summed E-state index contributed by atoms with van der Waals surface area (Å²) in [6.07, 6.45) is 1.00. The van der Waals surface area contributed by atoms with E-state index in [-0.39, 0.29) is 17.5 Å². The molecule has 1 aromatic carbocycles. The van der Waals surface area contributed by atoms with E-state index in [1.54, 1.807) is 19.2 Å². The average Bonchev–Trinajstić information content (AvgIpc) is 2.90. The molecule has 1 atom stereocenters. The second-order valence-corrected chi connectivity index (χ2v) is 6.27. The van der Waals surface area contributed by atoms with Gasteiger partial charge in [-0.25, -0.2) is 4.79 Å². The van der Waals surface area contributed by atoms with Crippen molar-refractivity contribution in [2.24, 2.45) is 5.41 Å². The highest BCUT2D eigenvalue weighted by atomic mass is 79.9. The molecule has 5 nitrogen and oxygen atoms in total. The number of benzene rings is 1. The number of halogens is 1. The van der Waals surface area contributed by atoms with Gasteiger partial charge in [-0.1, -0.05) is 13.8 Å². The van der Waals surface area contributed by atoms with Gasteiger partial charge in [-0.3, -0.25) is 0 Å². The standard InChI is InChI=1S/C13H18BrN3O2/c1-13(2)6-11(13)17-12(18)16-9-5-8(15)7(14)4-10(9)19-3/h4-5,11H,6,15H2,1-3H3,(H2,16,17,18). The monoisotopic (exact) mass is 327 g/mol. The molecule has 19 heavy (non-hydrogen) atoms. The molecule has 1 unspecified atom stereocenters. The molecular formula is C13H18BrN3O2. The predicted octanol–water partition coefficient (Wildman–Crippen LogP) is 2.96. The zero-order chi connectivity index (χ0) is 14.2. The van der Waals surface area contributed by atoms with E-state index < -0.39 is 0 Å². The number of hydrogen-bond acceptors (Lipinski definition) is 3. The van der Waals surface area contributed by atoms with Crippen LogP contribution in [0.3, 0.4) is 0 Å². The van der Waals surface area contributed by atoms with Crippen molar-refractivity contribution >= 4 is 33.3 Å². The van der Waals surface area contributed by atoms with Crippen LogP contribution in [-0.4, -0.2) is 19.2 Å². The lowest BCUT2D eigenvalue weighted by Crippen LogP contribution is -2.32. The van der Waals surface area contributed by atoms with Crippen molar-refractivity contribution in [2.75, 3.05) is 18.2 Å². The second kappa shape index (κ2) is 4.92. The molecule has 1 aromatic rings. The lowest BCUT2D eigenvalue weighted by Gasteiger charge is -2.13. The van der Waals surface area contributed by atoms with Gasteiger partial charge in [-0.05, 0) is 39.9 Å². The van der Waals surface area contributed by atoms with Crippen LogP contribution < -0.4 is 21.1 Å². The number of urea groups is 1. The molecule has 0 bridgehead atoms. The summed E-state index contributed by atoms with van der Waals surface area (Å²) in [6.45, 7) is 4.24. The first-order valence-corrected chi connectivity index (χ1v) is 6.83. The van der Waals surface area contributed by atoms with Gasteiger partial charge in [0.1, 0.15) is 5.75 Å². The summed E-state index contributed by atoms with van der Waals surface area (Å²) >= 11 is 3.32. The van der Waals surface area contributed by atoms with Crippen LogP contribution in [0.15, 0.2) is 16.6 Å². The quantitative estimate of drug-likeness (QED) is 0.747. The summed E-state index contributed by atoms with van der Waals surface area (Å²) < 4.78 is 5.95. The van der Waals surface area contributed by atoms with Crippen molar-refractivity contribution in [3.63, 3.8) is 0 Å². The van der Waals surface area contributed by atoms with Crippen molar-refractivity contribution < 1.29 is 9.53 Å². The van der Waals surface area contributed by atoms with Crippen LogP contribution in [0.1, 0.15) is 20.3 Å². The highest BCUT2D eigenvalue weighted by Crippen LogP contribution is 2.44. The maximum Gasteiger partial charge on any atom is 0.319 e. The van der Waals surface area contributed by atoms with E-state index in [0.717, 1.165) is 10.9 Å². The first-order valence-electron chi connectivity index (χ1n) is 6.04. The molecule has 0 radical (unpaired) electrons. The van der Waals surface area contributed by atoms with Gasteiger partial charge in [-0.15, -0.1) is 0 Å². The molecule has 0 heterocycles. The van der Waals surface area contributed by atoms with E-state index in [2.05, 4.69) is 40.4 Å². The van der Waals surface area contributed by atoms with Gasteiger partial charge in [0.25, 0.3) is 0 Å². The van der Waals surface area contributed by atoms with Gasteiger partial charge >= 0.3 is 6.03 Å². The largest absolute Gasteiger partial charge is 0.495 e. The minimum atomic E-state index is -0.240.